The molecule has 84 valence electrons. The predicted octanol–water partition coefficient (Wildman–Crippen LogP) is 2.03. The first-order chi connectivity index (χ1) is 7.77. The van der Waals surface area contributed by atoms with Crippen LogP contribution in [0.1, 0.15) is 11.6 Å². The number of aromatic nitrogens is 2. The van der Waals surface area contributed by atoms with Crippen LogP contribution in [-0.4, -0.2) is 35.3 Å². The van der Waals surface area contributed by atoms with Gasteiger partial charge in [0.1, 0.15) is 0 Å². The normalized spacial score (nSPS) is 12.9. The van der Waals surface area contributed by atoms with Gasteiger partial charge in [-0.25, -0.2) is 0 Å². The Balaban J connectivity index is 2.29. The molecule has 0 spiro atoms. The molecule has 16 heavy (non-hydrogen) atoms. The lowest BCUT2D eigenvalue weighted by atomic mass is 10.1. The first-order valence-corrected chi connectivity index (χ1v) is 5.46. The molecule has 2 rings (SSSR count). The maximum atomic E-state index is 4.34. The third kappa shape index (κ3) is 2.49. The zero-order valence-corrected chi connectivity index (χ0v) is 9.74. The molecule has 0 saturated carbocycles. The van der Waals surface area contributed by atoms with E-state index in [0.717, 1.165) is 6.54 Å². The van der Waals surface area contributed by atoms with Gasteiger partial charge < -0.3 is 4.90 Å². The van der Waals surface area contributed by atoms with E-state index >= 15 is 0 Å². The van der Waals surface area contributed by atoms with Crippen molar-refractivity contribution in [2.24, 2.45) is 0 Å². The number of hydrogen-bond acceptors (Lipinski definition) is 2. The lowest BCUT2D eigenvalue weighted by molar-refractivity contribution is 0.337. The summed E-state index contributed by atoms with van der Waals surface area (Å²) in [7, 11) is 4.17. The average Bonchev–Trinajstić information content (AvgIpc) is 2.80. The minimum Gasteiger partial charge on any atom is -0.307 e. The summed E-state index contributed by atoms with van der Waals surface area (Å²) in [6.45, 7) is 0.950. The van der Waals surface area contributed by atoms with E-state index in [1.165, 1.54) is 5.56 Å². The van der Waals surface area contributed by atoms with Crippen LogP contribution in [0.15, 0.2) is 48.8 Å². The van der Waals surface area contributed by atoms with Crippen molar-refractivity contribution in [1.82, 2.24) is 14.7 Å². The van der Waals surface area contributed by atoms with Crippen molar-refractivity contribution in [2.45, 2.75) is 6.04 Å². The highest BCUT2D eigenvalue weighted by Gasteiger charge is 2.14. The first kappa shape index (κ1) is 10.9. The van der Waals surface area contributed by atoms with E-state index in [-0.39, 0.29) is 6.04 Å². The molecule has 0 amide bonds. The SMILES string of the molecule is CN(C)CC(c1ccccc1)n1cccn1. The molecule has 1 aromatic heterocycles. The third-order valence-electron chi connectivity index (χ3n) is 2.57. The molecule has 1 aromatic carbocycles. The van der Waals surface area contributed by atoms with E-state index in [1.54, 1.807) is 0 Å². The predicted molar refractivity (Wildman–Crippen MR) is 65.4 cm³/mol. The fraction of sp³-hybridized carbons (Fsp3) is 0.308. The van der Waals surface area contributed by atoms with Crippen molar-refractivity contribution in [3.63, 3.8) is 0 Å². The zero-order valence-electron chi connectivity index (χ0n) is 9.74. The Morgan fingerprint density at radius 3 is 2.50 bits per heavy atom. The van der Waals surface area contributed by atoms with E-state index in [4.69, 9.17) is 0 Å². The summed E-state index contributed by atoms with van der Waals surface area (Å²) in [5, 5.41) is 4.34. The smallest absolute Gasteiger partial charge is 0.0895 e. The van der Waals surface area contributed by atoms with Crippen molar-refractivity contribution in [2.75, 3.05) is 20.6 Å². The summed E-state index contributed by atoms with van der Waals surface area (Å²) < 4.78 is 2.01. The van der Waals surface area contributed by atoms with E-state index in [1.807, 2.05) is 29.2 Å². The Bertz CT molecular complexity index is 406. The van der Waals surface area contributed by atoms with Crippen LogP contribution in [0.3, 0.4) is 0 Å². The van der Waals surface area contributed by atoms with Gasteiger partial charge in [0.15, 0.2) is 0 Å². The van der Waals surface area contributed by atoms with Crippen LogP contribution < -0.4 is 0 Å². The number of nitrogens with zero attached hydrogens (tertiary/aromatic N) is 3. The molecule has 3 nitrogen and oxygen atoms in total. The number of hydrogen-bond donors (Lipinski definition) is 0. The number of benzene rings is 1. The minimum atomic E-state index is 0.284. The maximum Gasteiger partial charge on any atom is 0.0895 e. The van der Waals surface area contributed by atoms with Crippen LogP contribution in [0.2, 0.25) is 0 Å². The van der Waals surface area contributed by atoms with Gasteiger partial charge >= 0.3 is 0 Å². The Kier molecular flexibility index (Phi) is 3.37. The molecule has 2 aromatic rings. The van der Waals surface area contributed by atoms with E-state index in [2.05, 4.69) is 48.4 Å². The second kappa shape index (κ2) is 4.94. The summed E-state index contributed by atoms with van der Waals surface area (Å²) in [5.41, 5.74) is 1.29. The van der Waals surface area contributed by atoms with Gasteiger partial charge in [0.05, 0.1) is 6.04 Å². The van der Waals surface area contributed by atoms with E-state index in [9.17, 15) is 0 Å². The van der Waals surface area contributed by atoms with Gasteiger partial charge in [-0.3, -0.25) is 4.68 Å². The topological polar surface area (TPSA) is 21.1 Å². The largest absolute Gasteiger partial charge is 0.307 e. The molecule has 0 saturated heterocycles. The molecule has 0 fully saturated rings. The van der Waals surface area contributed by atoms with Gasteiger partial charge in [0.2, 0.25) is 0 Å². The molecule has 1 heterocycles. The molecule has 0 aliphatic heterocycles. The average molecular weight is 215 g/mol. The second-order valence-electron chi connectivity index (χ2n) is 4.17. The summed E-state index contributed by atoms with van der Waals surface area (Å²) in [5.74, 6) is 0. The number of rotatable bonds is 4. The quantitative estimate of drug-likeness (QED) is 0.778. The van der Waals surface area contributed by atoms with Crippen LogP contribution in [0.25, 0.3) is 0 Å². The molecule has 0 bridgehead atoms. The summed E-state index contributed by atoms with van der Waals surface area (Å²) in [6.07, 6.45) is 3.84. The van der Waals surface area contributed by atoms with Gasteiger partial charge in [-0.1, -0.05) is 30.3 Å². The highest BCUT2D eigenvalue weighted by atomic mass is 15.3. The summed E-state index contributed by atoms with van der Waals surface area (Å²) in [4.78, 5) is 2.18. The van der Waals surface area contributed by atoms with Gasteiger partial charge in [0, 0.05) is 18.9 Å². The first-order valence-electron chi connectivity index (χ1n) is 5.46. The van der Waals surface area contributed by atoms with Crippen molar-refractivity contribution in [3.8, 4) is 0 Å². The van der Waals surface area contributed by atoms with Crippen molar-refractivity contribution in [1.29, 1.82) is 0 Å². The van der Waals surface area contributed by atoms with Gasteiger partial charge in [-0.05, 0) is 25.7 Å². The Morgan fingerprint density at radius 1 is 1.19 bits per heavy atom. The lowest BCUT2D eigenvalue weighted by Gasteiger charge is -2.21. The second-order valence-corrected chi connectivity index (χ2v) is 4.17. The molecular formula is C13H17N3. The van der Waals surface area contributed by atoms with Crippen LogP contribution in [0.5, 0.6) is 0 Å². The van der Waals surface area contributed by atoms with Crippen LogP contribution in [0, 0.1) is 0 Å². The fourth-order valence-corrected chi connectivity index (χ4v) is 1.83. The standard InChI is InChI=1S/C13H17N3/c1-15(2)11-13(16-10-6-9-14-16)12-7-4-3-5-8-12/h3-10,13H,11H2,1-2H3. The summed E-state index contributed by atoms with van der Waals surface area (Å²) >= 11 is 0. The van der Waals surface area contributed by atoms with Gasteiger partial charge in [-0.2, -0.15) is 5.10 Å². The van der Waals surface area contributed by atoms with Crippen LogP contribution >= 0.6 is 0 Å². The van der Waals surface area contributed by atoms with Gasteiger partial charge in [0.25, 0.3) is 0 Å². The molecule has 3 heteroatoms. The van der Waals surface area contributed by atoms with Crippen molar-refractivity contribution < 1.29 is 0 Å². The van der Waals surface area contributed by atoms with Crippen LogP contribution in [-0.2, 0) is 0 Å². The fourth-order valence-electron chi connectivity index (χ4n) is 1.83. The molecule has 0 aliphatic carbocycles. The Labute approximate surface area is 96.3 Å². The highest BCUT2D eigenvalue weighted by molar-refractivity contribution is 5.20. The highest BCUT2D eigenvalue weighted by Crippen LogP contribution is 2.17. The molecular weight excluding hydrogens is 198 g/mol. The summed E-state index contributed by atoms with van der Waals surface area (Å²) in [6, 6.07) is 12.7. The zero-order chi connectivity index (χ0) is 11.4. The Hall–Kier alpha value is -1.61. The van der Waals surface area contributed by atoms with E-state index < -0.39 is 0 Å². The molecule has 1 unspecified atom stereocenters. The molecule has 0 radical (unpaired) electrons. The molecule has 1 atom stereocenters. The van der Waals surface area contributed by atoms with Crippen molar-refractivity contribution in [3.05, 3.63) is 54.4 Å². The Morgan fingerprint density at radius 2 is 1.94 bits per heavy atom. The minimum absolute atomic E-state index is 0.284. The van der Waals surface area contributed by atoms with Crippen LogP contribution in [0.4, 0.5) is 0 Å². The maximum absolute atomic E-state index is 4.34. The lowest BCUT2D eigenvalue weighted by Crippen LogP contribution is -2.25. The number of likely N-dealkylation sites (N-methyl/N-ethyl adjacent to an activating group) is 1. The molecule has 0 aliphatic rings. The third-order valence-corrected chi connectivity index (χ3v) is 2.57. The van der Waals surface area contributed by atoms with Crippen molar-refractivity contribution >= 4 is 0 Å². The van der Waals surface area contributed by atoms with E-state index in [0.29, 0.717) is 0 Å². The molecule has 0 N–H and O–H groups in total. The monoisotopic (exact) mass is 215 g/mol. The van der Waals surface area contributed by atoms with Gasteiger partial charge in [-0.15, -0.1) is 0 Å².